The average molecular weight is 811 g/mol. The molecule has 0 aliphatic rings. The lowest BCUT2D eigenvalue weighted by Crippen LogP contribution is -2.10. The summed E-state index contributed by atoms with van der Waals surface area (Å²) in [6, 6.07) is 72.3. The number of carbonyl (C=O) groups is 1. The molecule has 0 bridgehead atoms. The molecule has 0 unspecified atom stereocenters. The first-order valence-electron chi connectivity index (χ1n) is 21.5. The van der Waals surface area contributed by atoms with Crippen LogP contribution in [0.2, 0.25) is 0 Å². The second-order valence-electron chi connectivity index (χ2n) is 16.8. The molecular weight excluding hydrogens is 769 g/mol. The summed E-state index contributed by atoms with van der Waals surface area (Å²) < 4.78 is 7.07. The van der Waals surface area contributed by atoms with Crippen LogP contribution in [0.25, 0.3) is 82.5 Å². The molecule has 5 heteroatoms. The van der Waals surface area contributed by atoms with E-state index in [1.165, 1.54) is 43.7 Å². The van der Waals surface area contributed by atoms with Gasteiger partial charge in [-0.15, -0.1) is 0 Å². The Labute approximate surface area is 364 Å². The van der Waals surface area contributed by atoms with Crippen molar-refractivity contribution in [1.29, 1.82) is 0 Å². The fraction of sp³-hybridized carbons (Fsp3) is 0.0517. The van der Waals surface area contributed by atoms with Crippen LogP contribution in [0.4, 0.5) is 17.1 Å². The Morgan fingerprint density at radius 2 is 0.651 bits per heavy atom. The molecule has 9 aromatic carbocycles. The maximum absolute atomic E-state index is 12.2. The highest BCUT2D eigenvalue weighted by atomic mass is 16.1. The number of aryl methyl sites for hydroxylation is 2. The van der Waals surface area contributed by atoms with Crippen molar-refractivity contribution < 1.29 is 4.79 Å². The molecule has 0 N–H and O–H groups in total. The smallest absolute Gasteiger partial charge is 0.159 e. The van der Waals surface area contributed by atoms with Crippen LogP contribution < -0.4 is 4.90 Å². The standard InChI is InChI=1S/C58H42N4O/c1-37-16-22-41(23-17-37)60-53-13-7-4-10-47(53)50-34-44(28-31-56(50)60)59(45-29-32-57-51(35-45)48-11-5-8-14-54(48)61(57)42-24-18-38(2)19-25-42)46-30-33-58-52(36-46)49-12-6-9-15-55(49)62(58)43-26-20-40(21-27-43)39(3)63/h4-36H,1-3H3. The van der Waals surface area contributed by atoms with Crippen molar-refractivity contribution in [2.24, 2.45) is 0 Å². The lowest BCUT2D eigenvalue weighted by molar-refractivity contribution is 0.101. The van der Waals surface area contributed by atoms with Crippen molar-refractivity contribution in [3.05, 3.63) is 217 Å². The van der Waals surface area contributed by atoms with Crippen molar-refractivity contribution in [2.45, 2.75) is 20.8 Å². The van der Waals surface area contributed by atoms with Gasteiger partial charge in [-0.3, -0.25) is 4.79 Å². The number of rotatable bonds is 7. The summed E-state index contributed by atoms with van der Waals surface area (Å²) in [4.78, 5) is 14.6. The molecule has 5 nitrogen and oxygen atoms in total. The first-order valence-corrected chi connectivity index (χ1v) is 21.5. The quantitative estimate of drug-likeness (QED) is 0.150. The monoisotopic (exact) mass is 810 g/mol. The first kappa shape index (κ1) is 36.7. The third kappa shape index (κ3) is 5.81. The van der Waals surface area contributed by atoms with E-state index >= 15 is 0 Å². The number of aromatic nitrogens is 3. The van der Waals surface area contributed by atoms with Gasteiger partial charge in [0, 0.05) is 72.0 Å². The number of benzene rings is 9. The van der Waals surface area contributed by atoms with Gasteiger partial charge in [0.25, 0.3) is 0 Å². The Morgan fingerprint density at radius 3 is 0.984 bits per heavy atom. The molecule has 0 aliphatic heterocycles. The van der Waals surface area contributed by atoms with Gasteiger partial charge in [0.15, 0.2) is 5.78 Å². The molecule has 3 heterocycles. The molecule has 0 atom stereocenters. The third-order valence-electron chi connectivity index (χ3n) is 12.9. The van der Waals surface area contributed by atoms with E-state index < -0.39 is 0 Å². The lowest BCUT2D eigenvalue weighted by Gasteiger charge is -2.26. The summed E-state index contributed by atoms with van der Waals surface area (Å²) in [6.07, 6.45) is 0. The van der Waals surface area contributed by atoms with Gasteiger partial charge < -0.3 is 18.6 Å². The van der Waals surface area contributed by atoms with Crippen LogP contribution in [0.3, 0.4) is 0 Å². The van der Waals surface area contributed by atoms with Gasteiger partial charge in [-0.05, 0) is 142 Å². The Hall–Kier alpha value is -8.15. The number of nitrogens with zero attached hydrogens (tertiary/aromatic N) is 4. The van der Waals surface area contributed by atoms with Crippen molar-refractivity contribution in [1.82, 2.24) is 13.7 Å². The maximum atomic E-state index is 12.2. The van der Waals surface area contributed by atoms with Gasteiger partial charge >= 0.3 is 0 Å². The van der Waals surface area contributed by atoms with Crippen molar-refractivity contribution in [3.8, 4) is 17.1 Å². The number of anilines is 3. The fourth-order valence-corrected chi connectivity index (χ4v) is 9.81. The predicted octanol–water partition coefficient (Wildman–Crippen LogP) is 15.3. The molecule has 63 heavy (non-hydrogen) atoms. The van der Waals surface area contributed by atoms with E-state index in [9.17, 15) is 4.79 Å². The summed E-state index contributed by atoms with van der Waals surface area (Å²) in [6.45, 7) is 5.88. The summed E-state index contributed by atoms with van der Waals surface area (Å²) in [5.74, 6) is 0.0595. The van der Waals surface area contributed by atoms with Crippen LogP contribution in [-0.4, -0.2) is 19.5 Å². The molecule has 0 aliphatic carbocycles. The zero-order valence-corrected chi connectivity index (χ0v) is 35.2. The zero-order valence-electron chi connectivity index (χ0n) is 35.2. The normalized spacial score (nSPS) is 11.8. The average Bonchev–Trinajstić information content (AvgIpc) is 3.95. The highest BCUT2D eigenvalue weighted by Crippen LogP contribution is 2.44. The summed E-state index contributed by atoms with van der Waals surface area (Å²) in [5, 5.41) is 7.12. The number of fused-ring (bicyclic) bond motifs is 9. The van der Waals surface area contributed by atoms with Crippen LogP contribution in [0.5, 0.6) is 0 Å². The summed E-state index contributed by atoms with van der Waals surface area (Å²) in [7, 11) is 0. The van der Waals surface area contributed by atoms with Gasteiger partial charge in [0.05, 0.1) is 33.1 Å². The Kier molecular flexibility index (Phi) is 8.28. The third-order valence-corrected chi connectivity index (χ3v) is 12.9. The molecular formula is C58H42N4O. The van der Waals surface area contributed by atoms with E-state index in [0.29, 0.717) is 5.56 Å². The molecule has 0 spiro atoms. The number of hydrogen-bond acceptors (Lipinski definition) is 2. The maximum Gasteiger partial charge on any atom is 0.159 e. The Balaban J connectivity index is 1.11. The van der Waals surface area contributed by atoms with Crippen molar-refractivity contribution in [2.75, 3.05) is 4.90 Å². The minimum atomic E-state index is 0.0595. The summed E-state index contributed by atoms with van der Waals surface area (Å²) in [5.41, 5.74) is 16.6. The van der Waals surface area contributed by atoms with Crippen LogP contribution in [-0.2, 0) is 0 Å². The number of para-hydroxylation sites is 3. The number of Topliss-reactive ketones (excluding diaryl/α,β-unsaturated/α-hetero) is 1. The molecule has 0 amide bonds. The first-order chi connectivity index (χ1) is 30.9. The highest BCUT2D eigenvalue weighted by molar-refractivity contribution is 6.14. The highest BCUT2D eigenvalue weighted by Gasteiger charge is 2.22. The largest absolute Gasteiger partial charge is 0.310 e. The van der Waals surface area contributed by atoms with Gasteiger partial charge in [-0.25, -0.2) is 0 Å². The van der Waals surface area contributed by atoms with Gasteiger partial charge in [0.1, 0.15) is 0 Å². The van der Waals surface area contributed by atoms with Crippen LogP contribution in [0, 0.1) is 13.8 Å². The van der Waals surface area contributed by atoms with Crippen LogP contribution in [0.1, 0.15) is 28.4 Å². The predicted molar refractivity (Wildman–Crippen MR) is 264 cm³/mol. The second-order valence-corrected chi connectivity index (χ2v) is 16.8. The van der Waals surface area contributed by atoms with E-state index in [4.69, 9.17) is 0 Å². The molecule has 3 aromatic heterocycles. The van der Waals surface area contributed by atoms with Crippen LogP contribution >= 0.6 is 0 Å². The minimum Gasteiger partial charge on any atom is -0.310 e. The molecule has 300 valence electrons. The number of hydrogen-bond donors (Lipinski definition) is 0. The van der Waals surface area contributed by atoms with Crippen LogP contribution in [0.15, 0.2) is 200 Å². The lowest BCUT2D eigenvalue weighted by atomic mass is 10.1. The van der Waals surface area contributed by atoms with E-state index in [-0.39, 0.29) is 5.78 Å². The Bertz CT molecular complexity index is 3610. The molecule has 12 rings (SSSR count). The molecule has 0 radical (unpaired) electrons. The van der Waals surface area contributed by atoms with Gasteiger partial charge in [0.2, 0.25) is 0 Å². The minimum absolute atomic E-state index is 0.0595. The summed E-state index contributed by atoms with van der Waals surface area (Å²) >= 11 is 0. The van der Waals surface area contributed by atoms with E-state index in [0.717, 1.165) is 67.0 Å². The van der Waals surface area contributed by atoms with Crippen molar-refractivity contribution in [3.63, 3.8) is 0 Å². The van der Waals surface area contributed by atoms with E-state index in [1.54, 1.807) is 6.92 Å². The van der Waals surface area contributed by atoms with Gasteiger partial charge in [-0.1, -0.05) is 90.0 Å². The molecule has 0 saturated heterocycles. The van der Waals surface area contributed by atoms with Gasteiger partial charge in [-0.2, -0.15) is 0 Å². The topological polar surface area (TPSA) is 35.1 Å². The van der Waals surface area contributed by atoms with E-state index in [1.807, 2.05) is 24.3 Å². The number of ketones is 1. The number of carbonyl (C=O) groups excluding carboxylic acids is 1. The molecule has 0 saturated carbocycles. The van der Waals surface area contributed by atoms with E-state index in [2.05, 4.69) is 208 Å². The SMILES string of the molecule is CC(=O)c1ccc(-n2c3ccccc3c3cc(N(c4ccc5c(c4)c4ccccc4n5-c4ccc(C)cc4)c4ccc5c(c4)c4ccccc4n5-c4ccc(C)cc4)ccc32)cc1. The fourth-order valence-electron chi connectivity index (χ4n) is 9.81. The molecule has 12 aromatic rings. The Morgan fingerprint density at radius 1 is 0.349 bits per heavy atom. The molecule has 0 fully saturated rings. The van der Waals surface area contributed by atoms with Crippen molar-refractivity contribution >= 4 is 88.3 Å². The second kappa shape index (κ2) is 14.2. The zero-order chi connectivity index (χ0) is 42.3.